The zero-order chi connectivity index (χ0) is 17.2. The van der Waals surface area contributed by atoms with Gasteiger partial charge in [0.1, 0.15) is 5.75 Å². The van der Waals surface area contributed by atoms with Crippen molar-refractivity contribution in [2.24, 2.45) is 12.8 Å². The molecular weight excluding hydrogens is 310 g/mol. The predicted molar refractivity (Wildman–Crippen MR) is 95.4 cm³/mol. The third kappa shape index (κ3) is 3.88. The lowest BCUT2D eigenvalue weighted by Gasteiger charge is -2.19. The first-order valence-electron chi connectivity index (χ1n) is 7.94. The highest BCUT2D eigenvalue weighted by atomic mass is 35.5. The number of ether oxygens (including phenoxy) is 1. The van der Waals surface area contributed by atoms with E-state index >= 15 is 0 Å². The molecule has 2 rings (SSSR count). The van der Waals surface area contributed by atoms with E-state index in [1.807, 2.05) is 36.9 Å². The molecule has 0 amide bonds. The normalized spacial score (nSPS) is 13.2. The smallest absolute Gasteiger partial charge is 0.123 e. The monoisotopic (exact) mass is 335 g/mol. The minimum Gasteiger partial charge on any atom is -0.494 e. The molecule has 0 aliphatic heterocycles. The molecule has 2 aromatic rings. The van der Waals surface area contributed by atoms with E-state index in [2.05, 4.69) is 31.9 Å². The molecular formula is C18H26ClN3O. The molecule has 1 unspecified atom stereocenters. The fraction of sp³-hybridized carbons (Fsp3) is 0.500. The fourth-order valence-corrected chi connectivity index (χ4v) is 2.84. The molecule has 5 heteroatoms. The van der Waals surface area contributed by atoms with Gasteiger partial charge in [-0.15, -0.1) is 0 Å². The van der Waals surface area contributed by atoms with Crippen molar-refractivity contribution < 1.29 is 4.74 Å². The number of hydrogen-bond donors (Lipinski definition) is 1. The highest BCUT2D eigenvalue weighted by Crippen LogP contribution is 2.35. The molecule has 1 atom stereocenters. The van der Waals surface area contributed by atoms with Crippen LogP contribution in [0.15, 0.2) is 24.3 Å². The van der Waals surface area contributed by atoms with Gasteiger partial charge in [-0.25, -0.2) is 0 Å². The van der Waals surface area contributed by atoms with Crippen molar-refractivity contribution in [2.45, 2.75) is 39.0 Å². The Morgan fingerprint density at radius 1 is 1.30 bits per heavy atom. The summed E-state index contributed by atoms with van der Waals surface area (Å²) in [6.45, 7) is 9.50. The summed E-state index contributed by atoms with van der Waals surface area (Å²) >= 11 is 6.20. The van der Waals surface area contributed by atoms with E-state index in [4.69, 9.17) is 22.1 Å². The van der Waals surface area contributed by atoms with Gasteiger partial charge in [-0.2, -0.15) is 5.10 Å². The molecule has 0 saturated heterocycles. The fourth-order valence-electron chi connectivity index (χ4n) is 2.66. The van der Waals surface area contributed by atoms with E-state index in [-0.39, 0.29) is 11.3 Å². The van der Waals surface area contributed by atoms with Crippen LogP contribution in [0.3, 0.4) is 0 Å². The molecule has 0 fully saturated rings. The van der Waals surface area contributed by atoms with E-state index < -0.39 is 0 Å². The first-order valence-corrected chi connectivity index (χ1v) is 8.32. The van der Waals surface area contributed by atoms with Crippen LogP contribution in [0.5, 0.6) is 5.75 Å². The van der Waals surface area contributed by atoms with Crippen molar-refractivity contribution in [3.63, 3.8) is 0 Å². The van der Waals surface area contributed by atoms with Gasteiger partial charge in [-0.05, 0) is 31.2 Å². The average molecular weight is 336 g/mol. The second-order valence-electron chi connectivity index (χ2n) is 6.73. The molecule has 0 aliphatic rings. The Balaban J connectivity index is 2.52. The van der Waals surface area contributed by atoms with Crippen LogP contribution in [0.4, 0.5) is 0 Å². The third-order valence-electron chi connectivity index (χ3n) is 3.92. The first-order chi connectivity index (χ1) is 10.8. The lowest BCUT2D eigenvalue weighted by atomic mass is 9.89. The van der Waals surface area contributed by atoms with Crippen LogP contribution in [0.1, 0.15) is 50.6 Å². The van der Waals surface area contributed by atoms with Crippen molar-refractivity contribution in [3.8, 4) is 5.75 Å². The lowest BCUT2D eigenvalue weighted by molar-refractivity contribution is 0.335. The first kappa shape index (κ1) is 17.8. The number of hydrogen-bond acceptors (Lipinski definition) is 3. The number of nitrogens with zero attached hydrogens (tertiary/aromatic N) is 2. The van der Waals surface area contributed by atoms with Crippen LogP contribution >= 0.6 is 11.6 Å². The van der Waals surface area contributed by atoms with Crippen LogP contribution in [0, 0.1) is 0 Å². The van der Waals surface area contributed by atoms with Gasteiger partial charge >= 0.3 is 0 Å². The minimum atomic E-state index is -0.0103. The maximum absolute atomic E-state index is 6.20. The Hall–Kier alpha value is -1.52. The summed E-state index contributed by atoms with van der Waals surface area (Å²) in [5.41, 5.74) is 9.22. The zero-order valence-corrected chi connectivity index (χ0v) is 15.3. The van der Waals surface area contributed by atoms with E-state index in [1.54, 1.807) is 0 Å². The van der Waals surface area contributed by atoms with Gasteiger partial charge in [0, 0.05) is 41.2 Å². The van der Waals surface area contributed by atoms with Gasteiger partial charge in [0.2, 0.25) is 0 Å². The van der Waals surface area contributed by atoms with Crippen molar-refractivity contribution in [1.29, 1.82) is 0 Å². The summed E-state index contributed by atoms with van der Waals surface area (Å²) in [4.78, 5) is 0. The Morgan fingerprint density at radius 3 is 2.52 bits per heavy atom. The molecule has 0 bridgehead atoms. The maximum atomic E-state index is 6.20. The zero-order valence-electron chi connectivity index (χ0n) is 14.6. The number of benzene rings is 1. The number of rotatable bonds is 5. The van der Waals surface area contributed by atoms with Crippen LogP contribution in [0.25, 0.3) is 0 Å². The molecule has 1 aromatic carbocycles. The Morgan fingerprint density at radius 2 is 2.00 bits per heavy atom. The van der Waals surface area contributed by atoms with Gasteiger partial charge in [0.05, 0.1) is 12.3 Å². The maximum Gasteiger partial charge on any atom is 0.123 e. The molecule has 4 nitrogen and oxygen atoms in total. The van der Waals surface area contributed by atoms with Crippen LogP contribution in [0.2, 0.25) is 5.02 Å². The molecule has 23 heavy (non-hydrogen) atoms. The molecule has 1 heterocycles. The highest BCUT2D eigenvalue weighted by Gasteiger charge is 2.25. The van der Waals surface area contributed by atoms with Crippen molar-refractivity contribution in [3.05, 3.63) is 46.2 Å². The second kappa shape index (κ2) is 6.93. The number of aryl methyl sites for hydroxylation is 1. The molecule has 1 aromatic heterocycles. The molecule has 0 aliphatic carbocycles. The topological polar surface area (TPSA) is 53.1 Å². The van der Waals surface area contributed by atoms with Crippen LogP contribution in [-0.4, -0.2) is 22.9 Å². The molecule has 126 valence electrons. The SMILES string of the molecule is CCOc1ccc(Cl)cc1C(CN)c1cc(C(C)(C)C)nn1C. The van der Waals surface area contributed by atoms with Crippen molar-refractivity contribution >= 4 is 11.6 Å². The molecule has 2 N–H and O–H groups in total. The van der Waals surface area contributed by atoms with E-state index in [0.717, 1.165) is 22.7 Å². The van der Waals surface area contributed by atoms with E-state index in [1.165, 1.54) is 0 Å². The average Bonchev–Trinajstić information content (AvgIpc) is 2.85. The highest BCUT2D eigenvalue weighted by molar-refractivity contribution is 6.30. The number of nitrogens with two attached hydrogens (primary N) is 1. The lowest BCUT2D eigenvalue weighted by Crippen LogP contribution is -2.18. The third-order valence-corrected chi connectivity index (χ3v) is 4.16. The molecule has 0 saturated carbocycles. The summed E-state index contributed by atoms with van der Waals surface area (Å²) in [6, 6.07) is 7.82. The van der Waals surface area contributed by atoms with Gasteiger partial charge in [0.15, 0.2) is 0 Å². The van der Waals surface area contributed by atoms with Crippen molar-refractivity contribution in [2.75, 3.05) is 13.2 Å². The molecule has 0 radical (unpaired) electrons. The Labute approximate surface area is 143 Å². The Kier molecular flexibility index (Phi) is 5.37. The summed E-state index contributed by atoms with van der Waals surface area (Å²) < 4.78 is 7.68. The van der Waals surface area contributed by atoms with E-state index in [0.29, 0.717) is 18.2 Å². The predicted octanol–water partition coefficient (Wildman–Crippen LogP) is 3.86. The molecule has 0 spiro atoms. The largest absolute Gasteiger partial charge is 0.494 e. The Bertz CT molecular complexity index is 673. The minimum absolute atomic E-state index is 0.00770. The van der Waals surface area contributed by atoms with Crippen molar-refractivity contribution in [1.82, 2.24) is 9.78 Å². The summed E-state index contributed by atoms with van der Waals surface area (Å²) in [7, 11) is 1.96. The van der Waals surface area contributed by atoms with Gasteiger partial charge in [-0.3, -0.25) is 4.68 Å². The van der Waals surface area contributed by atoms with Crippen LogP contribution < -0.4 is 10.5 Å². The summed E-state index contributed by atoms with van der Waals surface area (Å²) in [5, 5.41) is 5.34. The summed E-state index contributed by atoms with van der Waals surface area (Å²) in [6.07, 6.45) is 0. The van der Waals surface area contributed by atoms with Gasteiger partial charge in [-0.1, -0.05) is 32.4 Å². The number of aromatic nitrogens is 2. The standard InChI is InChI=1S/C18H26ClN3O/c1-6-23-16-8-7-12(19)9-13(16)14(11-20)15-10-17(18(2,3)4)21-22(15)5/h7-10,14H,6,11,20H2,1-5H3. The van der Waals surface area contributed by atoms with Crippen LogP contribution in [-0.2, 0) is 12.5 Å². The van der Waals surface area contributed by atoms with E-state index in [9.17, 15) is 0 Å². The van der Waals surface area contributed by atoms with Gasteiger partial charge < -0.3 is 10.5 Å². The quantitative estimate of drug-likeness (QED) is 0.902. The number of halogens is 1. The van der Waals surface area contributed by atoms with Gasteiger partial charge in [0.25, 0.3) is 0 Å². The summed E-state index contributed by atoms with van der Waals surface area (Å²) in [5.74, 6) is 0.815. The second-order valence-corrected chi connectivity index (χ2v) is 7.17.